The van der Waals surface area contributed by atoms with Gasteiger partial charge in [0.2, 0.25) is 0 Å². The van der Waals surface area contributed by atoms with Crippen molar-refractivity contribution in [3.63, 3.8) is 0 Å². The lowest BCUT2D eigenvalue weighted by atomic mass is 9.97. The van der Waals surface area contributed by atoms with Crippen molar-refractivity contribution in [3.8, 4) is 5.75 Å². The Kier molecular flexibility index (Phi) is 4.20. The van der Waals surface area contributed by atoms with Gasteiger partial charge < -0.3 is 4.74 Å². The van der Waals surface area contributed by atoms with Crippen LogP contribution >= 0.6 is 0 Å². The summed E-state index contributed by atoms with van der Waals surface area (Å²) in [5, 5.41) is 0. The predicted molar refractivity (Wildman–Crippen MR) is 67.9 cm³/mol. The molecule has 100 valence electrons. The number of ether oxygens (including phenoxy) is 1. The van der Waals surface area contributed by atoms with Crippen molar-refractivity contribution in [1.29, 1.82) is 0 Å². The van der Waals surface area contributed by atoms with Gasteiger partial charge in [0, 0.05) is 11.6 Å². The third-order valence-corrected chi connectivity index (χ3v) is 3.50. The molecule has 18 heavy (non-hydrogen) atoms. The Morgan fingerprint density at radius 2 is 1.78 bits per heavy atom. The van der Waals surface area contributed by atoms with Crippen LogP contribution in [0.5, 0.6) is 5.75 Å². The quantitative estimate of drug-likeness (QED) is 0.752. The molecular formula is C15H20F2O. The molecule has 2 rings (SSSR count). The largest absolute Gasteiger partial charge is 0.487 e. The van der Waals surface area contributed by atoms with Crippen molar-refractivity contribution in [2.75, 3.05) is 0 Å². The molecule has 0 aromatic heterocycles. The predicted octanol–water partition coefficient (Wildman–Crippen LogP) is 4.80. The summed E-state index contributed by atoms with van der Waals surface area (Å²) < 4.78 is 32.9. The first-order valence-corrected chi connectivity index (χ1v) is 6.73. The Hall–Kier alpha value is -1.12. The van der Waals surface area contributed by atoms with Gasteiger partial charge in [-0.1, -0.05) is 20.3 Å². The van der Waals surface area contributed by atoms with E-state index in [4.69, 9.17) is 4.74 Å². The van der Waals surface area contributed by atoms with Crippen LogP contribution in [0.2, 0.25) is 0 Å². The van der Waals surface area contributed by atoms with Gasteiger partial charge in [-0.25, -0.2) is 8.78 Å². The summed E-state index contributed by atoms with van der Waals surface area (Å²) in [6, 6.07) is 2.29. The summed E-state index contributed by atoms with van der Waals surface area (Å²) in [5.41, 5.74) is 0.623. The molecule has 0 radical (unpaired) electrons. The first-order valence-electron chi connectivity index (χ1n) is 6.73. The standard InChI is InChI=1S/C15H20F2O/c1-10(2)13-8-11(16)9-14(17)15(13)18-12-6-4-3-5-7-12/h8-10,12H,3-7H2,1-2H3. The molecule has 0 bridgehead atoms. The van der Waals surface area contributed by atoms with Gasteiger partial charge in [-0.15, -0.1) is 0 Å². The van der Waals surface area contributed by atoms with E-state index in [0.717, 1.165) is 31.7 Å². The minimum absolute atomic E-state index is 0.0498. The number of rotatable bonds is 3. The van der Waals surface area contributed by atoms with Crippen LogP contribution in [0.15, 0.2) is 12.1 Å². The highest BCUT2D eigenvalue weighted by Crippen LogP contribution is 2.33. The minimum atomic E-state index is -0.579. The summed E-state index contributed by atoms with van der Waals surface area (Å²) in [6.07, 6.45) is 5.50. The Morgan fingerprint density at radius 1 is 1.11 bits per heavy atom. The van der Waals surface area contributed by atoms with Crippen molar-refractivity contribution in [2.24, 2.45) is 0 Å². The fourth-order valence-corrected chi connectivity index (χ4v) is 2.48. The Labute approximate surface area is 107 Å². The summed E-state index contributed by atoms with van der Waals surface area (Å²) in [7, 11) is 0. The Balaban J connectivity index is 2.24. The van der Waals surface area contributed by atoms with Gasteiger partial charge in [-0.05, 0) is 37.7 Å². The highest BCUT2D eigenvalue weighted by atomic mass is 19.1. The smallest absolute Gasteiger partial charge is 0.168 e. The number of benzene rings is 1. The van der Waals surface area contributed by atoms with Gasteiger partial charge in [0.15, 0.2) is 11.6 Å². The number of hydrogen-bond acceptors (Lipinski definition) is 1. The zero-order valence-corrected chi connectivity index (χ0v) is 11.0. The zero-order valence-electron chi connectivity index (χ0n) is 11.0. The summed E-state index contributed by atoms with van der Waals surface area (Å²) in [5.74, 6) is -0.816. The topological polar surface area (TPSA) is 9.23 Å². The molecular weight excluding hydrogens is 234 g/mol. The molecule has 0 saturated heterocycles. The van der Waals surface area contributed by atoms with Crippen molar-refractivity contribution < 1.29 is 13.5 Å². The third kappa shape index (κ3) is 3.01. The summed E-state index contributed by atoms with van der Waals surface area (Å²) in [6.45, 7) is 3.84. The molecule has 1 aromatic rings. The van der Waals surface area contributed by atoms with Gasteiger partial charge >= 0.3 is 0 Å². The SMILES string of the molecule is CC(C)c1cc(F)cc(F)c1OC1CCCCC1. The van der Waals surface area contributed by atoms with Gasteiger partial charge in [0.1, 0.15) is 5.82 Å². The average Bonchev–Trinajstić information content (AvgIpc) is 2.33. The van der Waals surface area contributed by atoms with E-state index in [1.165, 1.54) is 12.5 Å². The monoisotopic (exact) mass is 254 g/mol. The van der Waals surface area contributed by atoms with Crippen LogP contribution in [-0.4, -0.2) is 6.10 Å². The van der Waals surface area contributed by atoms with Crippen LogP contribution in [0.4, 0.5) is 8.78 Å². The molecule has 0 spiro atoms. The maximum Gasteiger partial charge on any atom is 0.168 e. The highest BCUT2D eigenvalue weighted by Gasteiger charge is 2.21. The second kappa shape index (κ2) is 5.68. The molecule has 1 nitrogen and oxygen atoms in total. The number of halogens is 2. The molecule has 0 amide bonds. The van der Waals surface area contributed by atoms with Crippen LogP contribution in [-0.2, 0) is 0 Å². The third-order valence-electron chi connectivity index (χ3n) is 3.50. The van der Waals surface area contributed by atoms with E-state index in [0.29, 0.717) is 5.56 Å². The Bertz CT molecular complexity index is 409. The van der Waals surface area contributed by atoms with Crippen LogP contribution in [0.3, 0.4) is 0 Å². The molecule has 1 aliphatic rings. The summed E-state index contributed by atoms with van der Waals surface area (Å²) in [4.78, 5) is 0. The summed E-state index contributed by atoms with van der Waals surface area (Å²) >= 11 is 0. The molecule has 3 heteroatoms. The van der Waals surface area contributed by atoms with Crippen molar-refractivity contribution >= 4 is 0 Å². The van der Waals surface area contributed by atoms with E-state index in [9.17, 15) is 8.78 Å². The molecule has 1 aliphatic carbocycles. The van der Waals surface area contributed by atoms with Gasteiger partial charge in [0.05, 0.1) is 6.10 Å². The van der Waals surface area contributed by atoms with Crippen molar-refractivity contribution in [3.05, 3.63) is 29.3 Å². The molecule has 0 N–H and O–H groups in total. The van der Waals surface area contributed by atoms with Crippen molar-refractivity contribution in [1.82, 2.24) is 0 Å². The van der Waals surface area contributed by atoms with E-state index < -0.39 is 11.6 Å². The fourth-order valence-electron chi connectivity index (χ4n) is 2.48. The molecule has 0 unspecified atom stereocenters. The van der Waals surface area contributed by atoms with Gasteiger partial charge in [-0.2, -0.15) is 0 Å². The van der Waals surface area contributed by atoms with E-state index in [-0.39, 0.29) is 17.8 Å². The van der Waals surface area contributed by atoms with E-state index >= 15 is 0 Å². The molecule has 1 saturated carbocycles. The second-order valence-electron chi connectivity index (χ2n) is 5.34. The average molecular weight is 254 g/mol. The minimum Gasteiger partial charge on any atom is -0.487 e. The van der Waals surface area contributed by atoms with E-state index in [1.807, 2.05) is 13.8 Å². The molecule has 0 heterocycles. The maximum absolute atomic E-state index is 13.9. The highest BCUT2D eigenvalue weighted by molar-refractivity contribution is 5.38. The first-order chi connectivity index (χ1) is 8.58. The van der Waals surface area contributed by atoms with E-state index in [2.05, 4.69) is 0 Å². The maximum atomic E-state index is 13.9. The van der Waals surface area contributed by atoms with Crippen LogP contribution in [0.1, 0.15) is 57.4 Å². The van der Waals surface area contributed by atoms with E-state index in [1.54, 1.807) is 0 Å². The lowest BCUT2D eigenvalue weighted by Crippen LogP contribution is -2.21. The van der Waals surface area contributed by atoms with Gasteiger partial charge in [0.25, 0.3) is 0 Å². The van der Waals surface area contributed by atoms with Crippen LogP contribution in [0, 0.1) is 11.6 Å². The second-order valence-corrected chi connectivity index (χ2v) is 5.34. The lowest BCUT2D eigenvalue weighted by molar-refractivity contribution is 0.146. The number of hydrogen-bond donors (Lipinski definition) is 0. The zero-order chi connectivity index (χ0) is 13.1. The lowest BCUT2D eigenvalue weighted by Gasteiger charge is -2.25. The Morgan fingerprint density at radius 3 is 2.39 bits per heavy atom. The van der Waals surface area contributed by atoms with Crippen LogP contribution in [0.25, 0.3) is 0 Å². The molecule has 1 fully saturated rings. The molecule has 0 aliphatic heterocycles. The van der Waals surface area contributed by atoms with Crippen molar-refractivity contribution in [2.45, 2.75) is 58.0 Å². The first kappa shape index (κ1) is 13.3. The fraction of sp³-hybridized carbons (Fsp3) is 0.600. The van der Waals surface area contributed by atoms with Gasteiger partial charge in [-0.3, -0.25) is 0 Å². The normalized spacial score (nSPS) is 17.2. The van der Waals surface area contributed by atoms with Crippen LogP contribution < -0.4 is 4.74 Å². The molecule has 1 aromatic carbocycles. The molecule has 0 atom stereocenters.